The minimum Gasteiger partial charge on any atom is -0.340 e. The van der Waals surface area contributed by atoms with Crippen molar-refractivity contribution in [3.8, 4) is 0 Å². The lowest BCUT2D eigenvalue weighted by Crippen LogP contribution is -2.38. The number of amides is 1. The molecule has 1 fully saturated rings. The van der Waals surface area contributed by atoms with E-state index in [-0.39, 0.29) is 11.6 Å². The molecule has 6 nitrogen and oxygen atoms in total. The lowest BCUT2D eigenvalue weighted by Gasteiger charge is -2.21. The topological polar surface area (TPSA) is 75.5 Å². The van der Waals surface area contributed by atoms with E-state index in [1.807, 2.05) is 0 Å². The van der Waals surface area contributed by atoms with Gasteiger partial charge in [-0.05, 0) is 25.5 Å². The average molecular weight is 342 g/mol. The summed E-state index contributed by atoms with van der Waals surface area (Å²) in [4.78, 5) is 24.2. The molecular formula is C13H16BrN3O3. The Balaban J connectivity index is 2.13. The molecule has 0 bridgehead atoms. The molecule has 0 aliphatic carbocycles. The van der Waals surface area contributed by atoms with E-state index in [1.54, 1.807) is 18.0 Å². The number of halogens is 1. The molecule has 1 atom stereocenters. The summed E-state index contributed by atoms with van der Waals surface area (Å²) in [5.74, 6) is -0.205. The highest BCUT2D eigenvalue weighted by atomic mass is 79.9. The molecule has 1 heterocycles. The maximum absolute atomic E-state index is 12.3. The molecular weight excluding hydrogens is 326 g/mol. The monoisotopic (exact) mass is 341 g/mol. The minimum absolute atomic E-state index is 0.0879. The molecule has 20 heavy (non-hydrogen) atoms. The molecule has 1 unspecified atom stereocenters. The van der Waals surface area contributed by atoms with Gasteiger partial charge >= 0.3 is 0 Å². The normalized spacial score (nSPS) is 18.0. The Morgan fingerprint density at radius 1 is 1.55 bits per heavy atom. The second-order valence-corrected chi connectivity index (χ2v) is 5.85. The van der Waals surface area contributed by atoms with Crippen molar-refractivity contribution in [2.24, 2.45) is 0 Å². The van der Waals surface area contributed by atoms with Crippen molar-refractivity contribution in [3.63, 3.8) is 0 Å². The van der Waals surface area contributed by atoms with Crippen LogP contribution in [0.25, 0.3) is 0 Å². The summed E-state index contributed by atoms with van der Waals surface area (Å²) in [6.45, 7) is 1.59. The molecule has 0 saturated carbocycles. The molecule has 1 aliphatic heterocycles. The maximum atomic E-state index is 12.3. The van der Waals surface area contributed by atoms with Crippen LogP contribution in [-0.2, 0) is 0 Å². The van der Waals surface area contributed by atoms with Crippen LogP contribution in [0.5, 0.6) is 0 Å². The minimum atomic E-state index is -0.500. The Morgan fingerprint density at radius 2 is 2.30 bits per heavy atom. The number of hydrogen-bond donors (Lipinski definition) is 1. The van der Waals surface area contributed by atoms with E-state index in [0.717, 1.165) is 19.4 Å². The number of nitrogens with one attached hydrogen (secondary N) is 1. The molecule has 1 N–H and O–H groups in total. The van der Waals surface area contributed by atoms with Crippen molar-refractivity contribution in [1.82, 2.24) is 10.2 Å². The molecule has 7 heteroatoms. The van der Waals surface area contributed by atoms with Crippen LogP contribution < -0.4 is 5.32 Å². The summed E-state index contributed by atoms with van der Waals surface area (Å²) in [5.41, 5.74) is 0.238. The van der Waals surface area contributed by atoms with Gasteiger partial charge in [-0.3, -0.25) is 14.9 Å². The fraction of sp³-hybridized carbons (Fsp3) is 0.462. The number of benzene rings is 1. The molecule has 0 spiro atoms. The van der Waals surface area contributed by atoms with Gasteiger partial charge in [-0.2, -0.15) is 0 Å². The molecule has 1 aromatic rings. The Morgan fingerprint density at radius 3 is 2.90 bits per heavy atom. The van der Waals surface area contributed by atoms with E-state index in [4.69, 9.17) is 0 Å². The van der Waals surface area contributed by atoms with Gasteiger partial charge in [0.05, 0.1) is 4.92 Å². The molecule has 2 rings (SSSR count). The van der Waals surface area contributed by atoms with Crippen molar-refractivity contribution in [1.29, 1.82) is 0 Å². The van der Waals surface area contributed by atoms with Gasteiger partial charge in [0.15, 0.2) is 0 Å². The second kappa shape index (κ2) is 6.32. The zero-order chi connectivity index (χ0) is 14.7. The second-order valence-electron chi connectivity index (χ2n) is 4.93. The van der Waals surface area contributed by atoms with Crippen LogP contribution in [-0.4, -0.2) is 41.9 Å². The Kier molecular flexibility index (Phi) is 4.72. The summed E-state index contributed by atoms with van der Waals surface area (Å²) in [5, 5.41) is 14.1. The van der Waals surface area contributed by atoms with Gasteiger partial charge in [-0.15, -0.1) is 0 Å². The van der Waals surface area contributed by atoms with Gasteiger partial charge in [0.25, 0.3) is 11.6 Å². The fourth-order valence-electron chi connectivity index (χ4n) is 2.35. The molecule has 1 aliphatic rings. The Bertz CT molecular complexity index is 530. The Labute approximate surface area is 125 Å². The Hall–Kier alpha value is -1.47. The zero-order valence-corrected chi connectivity index (χ0v) is 12.7. The van der Waals surface area contributed by atoms with Crippen molar-refractivity contribution < 1.29 is 9.72 Å². The van der Waals surface area contributed by atoms with E-state index in [2.05, 4.69) is 21.2 Å². The number of hydrogen-bond acceptors (Lipinski definition) is 4. The van der Waals surface area contributed by atoms with Gasteiger partial charge in [0.2, 0.25) is 0 Å². The van der Waals surface area contributed by atoms with Crippen LogP contribution >= 0.6 is 15.9 Å². The molecule has 1 aromatic carbocycles. The number of nitro benzene ring substituents is 1. The highest BCUT2D eigenvalue weighted by Crippen LogP contribution is 2.22. The number of carbonyl (C=O) groups excluding carboxylic acids is 1. The quantitative estimate of drug-likeness (QED) is 0.672. The lowest BCUT2D eigenvalue weighted by molar-refractivity contribution is -0.385. The van der Waals surface area contributed by atoms with Gasteiger partial charge in [0.1, 0.15) is 0 Å². The van der Waals surface area contributed by atoms with Crippen LogP contribution in [0.1, 0.15) is 23.2 Å². The summed E-state index contributed by atoms with van der Waals surface area (Å²) in [6.07, 6.45) is 2.17. The van der Waals surface area contributed by atoms with E-state index in [0.29, 0.717) is 22.6 Å². The summed E-state index contributed by atoms with van der Waals surface area (Å²) in [6, 6.07) is 4.61. The first kappa shape index (κ1) is 14.9. The smallest absolute Gasteiger partial charge is 0.271 e. The number of rotatable bonds is 4. The maximum Gasteiger partial charge on any atom is 0.271 e. The van der Waals surface area contributed by atoms with Crippen LogP contribution in [0.3, 0.4) is 0 Å². The largest absolute Gasteiger partial charge is 0.340 e. The summed E-state index contributed by atoms with van der Waals surface area (Å²) < 4.78 is 0.530. The third-order valence-corrected chi connectivity index (χ3v) is 3.80. The lowest BCUT2D eigenvalue weighted by atomic mass is 10.1. The molecule has 1 amide bonds. The van der Waals surface area contributed by atoms with Crippen LogP contribution in [0.4, 0.5) is 5.69 Å². The van der Waals surface area contributed by atoms with Crippen molar-refractivity contribution in [2.75, 3.05) is 20.1 Å². The number of nitrogens with zero attached hydrogens (tertiary/aromatic N) is 2. The van der Waals surface area contributed by atoms with Crippen molar-refractivity contribution in [2.45, 2.75) is 18.9 Å². The van der Waals surface area contributed by atoms with Gasteiger partial charge < -0.3 is 10.2 Å². The van der Waals surface area contributed by atoms with Crippen LogP contribution in [0.15, 0.2) is 22.7 Å². The highest BCUT2D eigenvalue weighted by molar-refractivity contribution is 9.10. The third kappa shape index (κ3) is 3.55. The molecule has 1 saturated heterocycles. The molecule has 108 valence electrons. The van der Waals surface area contributed by atoms with E-state index in [9.17, 15) is 14.9 Å². The number of nitro groups is 1. The average Bonchev–Trinajstić information content (AvgIpc) is 2.89. The summed E-state index contributed by atoms with van der Waals surface area (Å²) in [7, 11) is 1.72. The van der Waals surface area contributed by atoms with Crippen LogP contribution in [0, 0.1) is 10.1 Å². The van der Waals surface area contributed by atoms with Crippen molar-refractivity contribution >= 4 is 27.5 Å². The predicted octanol–water partition coefficient (Wildman–Crippen LogP) is 2.18. The first-order valence-electron chi connectivity index (χ1n) is 6.41. The summed E-state index contributed by atoms with van der Waals surface area (Å²) >= 11 is 3.20. The van der Waals surface area contributed by atoms with E-state index < -0.39 is 4.92 Å². The standard InChI is InChI=1S/C13H16BrN3O3/c1-16(8-11-3-2-4-15-11)13(18)9-5-10(14)7-12(6-9)17(19)20/h5-7,11,15H,2-4,8H2,1H3. The predicted molar refractivity (Wildman–Crippen MR) is 78.8 cm³/mol. The van der Waals surface area contributed by atoms with Crippen molar-refractivity contribution in [3.05, 3.63) is 38.3 Å². The highest BCUT2D eigenvalue weighted by Gasteiger charge is 2.21. The number of likely N-dealkylation sites (N-methyl/N-ethyl adjacent to an activating group) is 1. The van der Waals surface area contributed by atoms with Gasteiger partial charge in [0, 0.05) is 41.8 Å². The van der Waals surface area contributed by atoms with Crippen LogP contribution in [0.2, 0.25) is 0 Å². The SMILES string of the molecule is CN(CC1CCCN1)C(=O)c1cc(Br)cc([N+](=O)[O-])c1. The third-order valence-electron chi connectivity index (χ3n) is 3.34. The zero-order valence-electron chi connectivity index (χ0n) is 11.1. The number of non-ortho nitro benzene ring substituents is 1. The fourth-order valence-corrected chi connectivity index (χ4v) is 2.83. The van der Waals surface area contributed by atoms with E-state index in [1.165, 1.54) is 12.1 Å². The molecule has 0 radical (unpaired) electrons. The first-order chi connectivity index (χ1) is 9.47. The molecule has 0 aromatic heterocycles. The first-order valence-corrected chi connectivity index (χ1v) is 7.20. The number of carbonyl (C=O) groups is 1. The van der Waals surface area contributed by atoms with Gasteiger partial charge in [-0.25, -0.2) is 0 Å². The van der Waals surface area contributed by atoms with E-state index >= 15 is 0 Å². The van der Waals surface area contributed by atoms with Gasteiger partial charge in [-0.1, -0.05) is 15.9 Å².